The SMILES string of the molecule is CCn1c(=O)n(Cc2ccccc2C)c2ccccc21. The van der Waals surface area contributed by atoms with E-state index in [1.54, 1.807) is 0 Å². The van der Waals surface area contributed by atoms with Gasteiger partial charge in [0.05, 0.1) is 17.6 Å². The number of fused-ring (bicyclic) bond motifs is 1. The summed E-state index contributed by atoms with van der Waals surface area (Å²) in [6, 6.07) is 16.2. The molecule has 1 aromatic heterocycles. The molecule has 0 aliphatic heterocycles. The van der Waals surface area contributed by atoms with Crippen LogP contribution in [0.25, 0.3) is 11.0 Å². The van der Waals surface area contributed by atoms with Crippen LogP contribution < -0.4 is 5.69 Å². The Morgan fingerprint density at radius 3 is 2.15 bits per heavy atom. The van der Waals surface area contributed by atoms with Gasteiger partial charge in [-0.3, -0.25) is 9.13 Å². The fourth-order valence-corrected chi connectivity index (χ4v) is 2.69. The van der Waals surface area contributed by atoms with Crippen molar-refractivity contribution in [2.75, 3.05) is 0 Å². The molecule has 0 atom stereocenters. The molecule has 0 unspecified atom stereocenters. The minimum Gasteiger partial charge on any atom is -0.292 e. The number of hydrogen-bond acceptors (Lipinski definition) is 1. The van der Waals surface area contributed by atoms with E-state index in [1.165, 1.54) is 11.1 Å². The second kappa shape index (κ2) is 5.00. The van der Waals surface area contributed by atoms with Crippen LogP contribution in [0.15, 0.2) is 53.3 Å². The summed E-state index contributed by atoms with van der Waals surface area (Å²) in [5.41, 5.74) is 4.48. The quantitative estimate of drug-likeness (QED) is 0.715. The molecule has 0 radical (unpaired) electrons. The Hall–Kier alpha value is -2.29. The van der Waals surface area contributed by atoms with Crippen molar-refractivity contribution >= 4 is 11.0 Å². The van der Waals surface area contributed by atoms with E-state index in [-0.39, 0.29) is 5.69 Å². The van der Waals surface area contributed by atoms with Gasteiger partial charge < -0.3 is 0 Å². The van der Waals surface area contributed by atoms with Gasteiger partial charge in [0.2, 0.25) is 0 Å². The highest BCUT2D eigenvalue weighted by Gasteiger charge is 2.12. The van der Waals surface area contributed by atoms with Crippen molar-refractivity contribution in [3.63, 3.8) is 0 Å². The summed E-state index contributed by atoms with van der Waals surface area (Å²) in [6.45, 7) is 5.41. The van der Waals surface area contributed by atoms with Gasteiger partial charge in [-0.2, -0.15) is 0 Å². The zero-order valence-corrected chi connectivity index (χ0v) is 11.8. The highest BCUT2D eigenvalue weighted by atomic mass is 16.1. The summed E-state index contributed by atoms with van der Waals surface area (Å²) in [6.07, 6.45) is 0. The largest absolute Gasteiger partial charge is 0.329 e. The summed E-state index contributed by atoms with van der Waals surface area (Å²) in [4.78, 5) is 12.6. The van der Waals surface area contributed by atoms with E-state index in [0.717, 1.165) is 11.0 Å². The topological polar surface area (TPSA) is 26.9 Å². The van der Waals surface area contributed by atoms with E-state index < -0.39 is 0 Å². The maximum Gasteiger partial charge on any atom is 0.329 e. The van der Waals surface area contributed by atoms with Crippen molar-refractivity contribution in [2.24, 2.45) is 0 Å². The highest BCUT2D eigenvalue weighted by molar-refractivity contribution is 5.76. The molecule has 0 saturated carbocycles. The van der Waals surface area contributed by atoms with Crippen LogP contribution in [0.5, 0.6) is 0 Å². The van der Waals surface area contributed by atoms with Crippen LogP contribution in [0.1, 0.15) is 18.1 Å². The lowest BCUT2D eigenvalue weighted by Gasteiger charge is -2.06. The maximum atomic E-state index is 12.6. The molecule has 3 nitrogen and oxygen atoms in total. The molecule has 2 aromatic carbocycles. The second-order valence-corrected chi connectivity index (χ2v) is 5.03. The van der Waals surface area contributed by atoms with Gasteiger partial charge in [-0.25, -0.2) is 4.79 Å². The molecular formula is C17H18N2O. The van der Waals surface area contributed by atoms with E-state index in [0.29, 0.717) is 13.1 Å². The lowest BCUT2D eigenvalue weighted by Crippen LogP contribution is -2.24. The molecule has 102 valence electrons. The number of para-hydroxylation sites is 2. The smallest absolute Gasteiger partial charge is 0.292 e. The Morgan fingerprint density at radius 2 is 1.50 bits per heavy atom. The van der Waals surface area contributed by atoms with Gasteiger partial charge in [0, 0.05) is 6.54 Å². The van der Waals surface area contributed by atoms with Crippen LogP contribution in [-0.4, -0.2) is 9.13 Å². The normalized spacial score (nSPS) is 11.1. The molecule has 0 bridgehead atoms. The van der Waals surface area contributed by atoms with Crippen LogP contribution in [-0.2, 0) is 13.1 Å². The molecule has 3 aromatic rings. The maximum absolute atomic E-state index is 12.6. The molecule has 0 N–H and O–H groups in total. The number of nitrogens with zero attached hydrogens (tertiary/aromatic N) is 2. The van der Waals surface area contributed by atoms with Gasteiger partial charge in [-0.15, -0.1) is 0 Å². The predicted molar refractivity (Wildman–Crippen MR) is 82.2 cm³/mol. The third kappa shape index (κ3) is 1.95. The summed E-state index contributed by atoms with van der Waals surface area (Å²) in [5, 5.41) is 0. The molecule has 0 fully saturated rings. The molecular weight excluding hydrogens is 248 g/mol. The van der Waals surface area contributed by atoms with E-state index in [4.69, 9.17) is 0 Å². The van der Waals surface area contributed by atoms with Crippen LogP contribution in [0.2, 0.25) is 0 Å². The first-order chi connectivity index (χ1) is 9.72. The van der Waals surface area contributed by atoms with Crippen LogP contribution in [0.3, 0.4) is 0 Å². The minimum absolute atomic E-state index is 0.0666. The van der Waals surface area contributed by atoms with Gasteiger partial charge in [0.1, 0.15) is 0 Å². The lowest BCUT2D eigenvalue weighted by molar-refractivity contribution is 0.683. The standard InChI is InChI=1S/C17H18N2O/c1-3-18-15-10-6-7-11-16(15)19(17(18)20)12-14-9-5-4-8-13(14)2/h4-11H,3,12H2,1-2H3. The van der Waals surface area contributed by atoms with Crippen molar-refractivity contribution in [3.05, 3.63) is 70.1 Å². The number of aryl methyl sites for hydroxylation is 2. The molecule has 20 heavy (non-hydrogen) atoms. The summed E-state index contributed by atoms with van der Waals surface area (Å²) >= 11 is 0. The predicted octanol–water partition coefficient (Wildman–Crippen LogP) is 3.18. The zero-order chi connectivity index (χ0) is 14.1. The van der Waals surface area contributed by atoms with Crippen molar-refractivity contribution in [3.8, 4) is 0 Å². The molecule has 0 aliphatic carbocycles. The second-order valence-electron chi connectivity index (χ2n) is 5.03. The van der Waals surface area contributed by atoms with Crippen molar-refractivity contribution in [1.29, 1.82) is 0 Å². The Balaban J connectivity index is 2.20. The van der Waals surface area contributed by atoms with Gasteiger partial charge >= 0.3 is 5.69 Å². The van der Waals surface area contributed by atoms with E-state index in [1.807, 2.05) is 52.5 Å². The van der Waals surface area contributed by atoms with Crippen molar-refractivity contribution in [2.45, 2.75) is 26.9 Å². The Kier molecular flexibility index (Phi) is 3.18. The van der Waals surface area contributed by atoms with Crippen LogP contribution >= 0.6 is 0 Å². The monoisotopic (exact) mass is 266 g/mol. The Bertz CT molecular complexity index is 811. The van der Waals surface area contributed by atoms with Crippen LogP contribution in [0.4, 0.5) is 0 Å². The number of aromatic nitrogens is 2. The fraction of sp³-hybridized carbons (Fsp3) is 0.235. The van der Waals surface area contributed by atoms with Crippen molar-refractivity contribution < 1.29 is 0 Å². The molecule has 1 heterocycles. The average Bonchev–Trinajstić information content (AvgIpc) is 2.74. The molecule has 0 spiro atoms. The average molecular weight is 266 g/mol. The zero-order valence-electron chi connectivity index (χ0n) is 11.8. The molecule has 0 amide bonds. The first-order valence-electron chi connectivity index (χ1n) is 6.95. The fourth-order valence-electron chi connectivity index (χ4n) is 2.69. The Morgan fingerprint density at radius 1 is 0.900 bits per heavy atom. The molecule has 0 saturated heterocycles. The number of hydrogen-bond donors (Lipinski definition) is 0. The minimum atomic E-state index is 0.0666. The lowest BCUT2D eigenvalue weighted by atomic mass is 10.1. The molecule has 3 heteroatoms. The Labute approximate surface area is 118 Å². The highest BCUT2D eigenvalue weighted by Crippen LogP contribution is 2.15. The summed E-state index contributed by atoms with van der Waals surface area (Å²) < 4.78 is 3.69. The van der Waals surface area contributed by atoms with E-state index in [9.17, 15) is 4.79 Å². The number of benzene rings is 2. The molecule has 0 aliphatic rings. The first-order valence-corrected chi connectivity index (χ1v) is 6.95. The van der Waals surface area contributed by atoms with Gasteiger partial charge in [-0.05, 0) is 37.1 Å². The van der Waals surface area contributed by atoms with Gasteiger partial charge in [0.25, 0.3) is 0 Å². The van der Waals surface area contributed by atoms with Gasteiger partial charge in [0.15, 0.2) is 0 Å². The van der Waals surface area contributed by atoms with Crippen LogP contribution in [0, 0.1) is 6.92 Å². The summed E-state index contributed by atoms with van der Waals surface area (Å²) in [7, 11) is 0. The molecule has 3 rings (SSSR count). The van der Waals surface area contributed by atoms with Crippen molar-refractivity contribution in [1.82, 2.24) is 9.13 Å². The third-order valence-electron chi connectivity index (χ3n) is 3.83. The number of imidazole rings is 1. The number of rotatable bonds is 3. The first kappa shape index (κ1) is 12.7. The van der Waals surface area contributed by atoms with Gasteiger partial charge in [-0.1, -0.05) is 36.4 Å². The summed E-state index contributed by atoms with van der Waals surface area (Å²) in [5.74, 6) is 0. The van der Waals surface area contributed by atoms with E-state index >= 15 is 0 Å². The third-order valence-corrected chi connectivity index (χ3v) is 3.83. The van der Waals surface area contributed by atoms with E-state index in [2.05, 4.69) is 19.1 Å².